The minimum absolute atomic E-state index is 0.110. The van der Waals surface area contributed by atoms with Gasteiger partial charge in [0.05, 0.1) is 12.3 Å². The highest BCUT2D eigenvalue weighted by Gasteiger charge is 2.06. The summed E-state index contributed by atoms with van der Waals surface area (Å²) in [5.41, 5.74) is 0.716. The summed E-state index contributed by atoms with van der Waals surface area (Å²) in [5, 5.41) is 6.50. The van der Waals surface area contributed by atoms with Crippen molar-refractivity contribution in [1.29, 1.82) is 0 Å². The number of hydrogen-bond donors (Lipinski definition) is 2. The van der Waals surface area contributed by atoms with Crippen LogP contribution >= 0.6 is 28.1 Å². The lowest BCUT2D eigenvalue weighted by atomic mass is 10.3. The summed E-state index contributed by atoms with van der Waals surface area (Å²) in [7, 11) is 1.63. The lowest BCUT2D eigenvalue weighted by Gasteiger charge is -2.16. The van der Waals surface area contributed by atoms with Crippen LogP contribution in [-0.2, 0) is 4.74 Å². The van der Waals surface area contributed by atoms with E-state index in [-0.39, 0.29) is 11.9 Å². The van der Waals surface area contributed by atoms with Gasteiger partial charge in [0.25, 0.3) is 0 Å². The van der Waals surface area contributed by atoms with Crippen molar-refractivity contribution in [3.63, 3.8) is 0 Å². The number of halogens is 2. The molecule has 0 radical (unpaired) electrons. The second kappa shape index (κ2) is 6.88. The average Bonchev–Trinajstić information content (AvgIpc) is 2.22. The molecule has 1 aromatic carbocycles. The van der Waals surface area contributed by atoms with Crippen molar-refractivity contribution in [1.82, 2.24) is 5.32 Å². The first kappa shape index (κ1) is 14.3. The van der Waals surface area contributed by atoms with Gasteiger partial charge < -0.3 is 15.4 Å². The van der Waals surface area contributed by atoms with Crippen LogP contribution in [0, 0.1) is 5.82 Å². The summed E-state index contributed by atoms with van der Waals surface area (Å²) in [5.74, 6) is -0.297. The third kappa shape index (κ3) is 4.97. The fraction of sp³-hybridized carbons (Fsp3) is 0.364. The van der Waals surface area contributed by atoms with Crippen LogP contribution in [0.15, 0.2) is 22.7 Å². The molecule has 2 N–H and O–H groups in total. The maximum atomic E-state index is 12.9. The van der Waals surface area contributed by atoms with Gasteiger partial charge in [0.15, 0.2) is 5.11 Å². The van der Waals surface area contributed by atoms with Gasteiger partial charge in [-0.1, -0.05) is 0 Å². The first-order chi connectivity index (χ1) is 8.02. The van der Waals surface area contributed by atoms with E-state index in [0.717, 1.165) is 0 Å². The minimum atomic E-state index is -0.297. The Labute approximate surface area is 114 Å². The number of anilines is 1. The number of nitrogens with one attached hydrogen (secondary N) is 2. The fourth-order valence-electron chi connectivity index (χ4n) is 1.26. The van der Waals surface area contributed by atoms with Gasteiger partial charge in [-0.2, -0.15) is 0 Å². The van der Waals surface area contributed by atoms with Crippen molar-refractivity contribution in [3.05, 3.63) is 28.5 Å². The quantitative estimate of drug-likeness (QED) is 0.836. The SMILES string of the molecule is COCC(C)NC(=S)Nc1ccc(F)cc1Br. The summed E-state index contributed by atoms with van der Waals surface area (Å²) in [4.78, 5) is 0. The van der Waals surface area contributed by atoms with E-state index in [1.807, 2.05) is 6.92 Å². The molecule has 0 aromatic heterocycles. The average molecular weight is 321 g/mol. The summed E-state index contributed by atoms with van der Waals surface area (Å²) in [6.07, 6.45) is 0. The molecule has 17 heavy (non-hydrogen) atoms. The van der Waals surface area contributed by atoms with Gasteiger partial charge >= 0.3 is 0 Å². The van der Waals surface area contributed by atoms with Gasteiger partial charge in [-0.05, 0) is 53.3 Å². The van der Waals surface area contributed by atoms with Gasteiger partial charge in [-0.3, -0.25) is 0 Å². The van der Waals surface area contributed by atoms with Gasteiger partial charge in [0.1, 0.15) is 5.82 Å². The lowest BCUT2D eigenvalue weighted by Crippen LogP contribution is -2.38. The molecule has 0 aliphatic heterocycles. The molecule has 1 rings (SSSR count). The molecule has 1 atom stereocenters. The number of rotatable bonds is 4. The van der Waals surface area contributed by atoms with Crippen molar-refractivity contribution in [2.24, 2.45) is 0 Å². The number of thiocarbonyl (C=S) groups is 1. The predicted octanol–water partition coefficient (Wildman–Crippen LogP) is 2.91. The summed E-state index contributed by atoms with van der Waals surface area (Å²) in [6, 6.07) is 4.48. The van der Waals surface area contributed by atoms with E-state index in [9.17, 15) is 4.39 Å². The molecule has 0 saturated carbocycles. The summed E-state index contributed by atoms with van der Waals surface area (Å²) in [6.45, 7) is 2.52. The zero-order valence-electron chi connectivity index (χ0n) is 9.59. The first-order valence-corrected chi connectivity index (χ1v) is 6.24. The van der Waals surface area contributed by atoms with Crippen LogP contribution in [0.3, 0.4) is 0 Å². The van der Waals surface area contributed by atoms with Gasteiger partial charge in [-0.15, -0.1) is 0 Å². The molecule has 1 aromatic rings. The van der Waals surface area contributed by atoms with E-state index in [1.165, 1.54) is 12.1 Å². The van der Waals surface area contributed by atoms with E-state index >= 15 is 0 Å². The summed E-state index contributed by atoms with van der Waals surface area (Å²) < 4.78 is 18.5. The number of methoxy groups -OCH3 is 1. The van der Waals surface area contributed by atoms with Crippen LogP contribution in [0.4, 0.5) is 10.1 Å². The standard InChI is InChI=1S/C11H14BrFN2OS/c1-7(6-16-2)14-11(17)15-10-4-3-8(13)5-9(10)12/h3-5,7H,6H2,1-2H3,(H2,14,15,17). The maximum Gasteiger partial charge on any atom is 0.171 e. The van der Waals surface area contributed by atoms with Crippen molar-refractivity contribution in [2.45, 2.75) is 13.0 Å². The van der Waals surface area contributed by atoms with Gasteiger partial charge in [0.2, 0.25) is 0 Å². The third-order valence-corrected chi connectivity index (χ3v) is 2.85. The number of ether oxygens (including phenoxy) is 1. The Hall–Kier alpha value is -0.720. The first-order valence-electron chi connectivity index (χ1n) is 5.04. The molecule has 0 fully saturated rings. The monoisotopic (exact) mass is 320 g/mol. The molecule has 0 saturated heterocycles. The maximum absolute atomic E-state index is 12.9. The van der Waals surface area contributed by atoms with Crippen LogP contribution in [0.5, 0.6) is 0 Å². The second-order valence-electron chi connectivity index (χ2n) is 3.58. The molecule has 3 nitrogen and oxygen atoms in total. The van der Waals surface area contributed by atoms with Crippen LogP contribution in [-0.4, -0.2) is 24.9 Å². The largest absolute Gasteiger partial charge is 0.383 e. The Morgan fingerprint density at radius 1 is 1.59 bits per heavy atom. The van der Waals surface area contributed by atoms with E-state index in [0.29, 0.717) is 21.9 Å². The zero-order valence-corrected chi connectivity index (χ0v) is 12.0. The smallest absolute Gasteiger partial charge is 0.171 e. The van der Waals surface area contributed by atoms with E-state index in [2.05, 4.69) is 26.6 Å². The molecular weight excluding hydrogens is 307 g/mol. The van der Waals surface area contributed by atoms with Crippen molar-refractivity contribution >= 4 is 38.9 Å². The normalized spacial score (nSPS) is 12.0. The van der Waals surface area contributed by atoms with Crippen LogP contribution in [0.25, 0.3) is 0 Å². The van der Waals surface area contributed by atoms with Crippen LogP contribution in [0.2, 0.25) is 0 Å². The number of benzene rings is 1. The van der Waals surface area contributed by atoms with E-state index < -0.39 is 0 Å². The molecular formula is C11H14BrFN2OS. The van der Waals surface area contributed by atoms with Gasteiger partial charge in [0, 0.05) is 17.6 Å². The highest BCUT2D eigenvalue weighted by molar-refractivity contribution is 9.10. The Bertz CT molecular complexity index is 403. The Balaban J connectivity index is 2.56. The predicted molar refractivity (Wildman–Crippen MR) is 74.8 cm³/mol. The highest BCUT2D eigenvalue weighted by atomic mass is 79.9. The third-order valence-electron chi connectivity index (χ3n) is 1.97. The second-order valence-corrected chi connectivity index (χ2v) is 4.84. The molecule has 0 spiro atoms. The van der Waals surface area contributed by atoms with E-state index in [1.54, 1.807) is 13.2 Å². The van der Waals surface area contributed by atoms with Gasteiger partial charge in [-0.25, -0.2) is 4.39 Å². The summed E-state index contributed by atoms with van der Waals surface area (Å²) >= 11 is 8.38. The molecule has 1 unspecified atom stereocenters. The van der Waals surface area contributed by atoms with E-state index in [4.69, 9.17) is 17.0 Å². The zero-order chi connectivity index (χ0) is 12.8. The van der Waals surface area contributed by atoms with Crippen molar-refractivity contribution in [3.8, 4) is 0 Å². The molecule has 94 valence electrons. The van der Waals surface area contributed by atoms with Crippen molar-refractivity contribution < 1.29 is 9.13 Å². The Morgan fingerprint density at radius 3 is 2.88 bits per heavy atom. The highest BCUT2D eigenvalue weighted by Crippen LogP contribution is 2.22. The topological polar surface area (TPSA) is 33.3 Å². The molecule has 0 amide bonds. The molecule has 0 heterocycles. The Kier molecular flexibility index (Phi) is 5.80. The molecule has 0 aliphatic carbocycles. The Morgan fingerprint density at radius 2 is 2.29 bits per heavy atom. The molecule has 6 heteroatoms. The fourth-order valence-corrected chi connectivity index (χ4v) is 2.03. The van der Waals surface area contributed by atoms with Crippen LogP contribution in [0.1, 0.15) is 6.92 Å². The number of hydrogen-bond acceptors (Lipinski definition) is 2. The molecule has 0 bridgehead atoms. The molecule has 0 aliphatic rings. The van der Waals surface area contributed by atoms with Crippen LogP contribution < -0.4 is 10.6 Å². The van der Waals surface area contributed by atoms with Crippen molar-refractivity contribution in [2.75, 3.05) is 19.0 Å². The lowest BCUT2D eigenvalue weighted by molar-refractivity contribution is 0.179. The minimum Gasteiger partial charge on any atom is -0.383 e.